The summed E-state index contributed by atoms with van der Waals surface area (Å²) in [5, 5.41) is 9.15. The second-order valence-electron chi connectivity index (χ2n) is 8.98. The van der Waals surface area contributed by atoms with Crippen LogP contribution in [0.2, 0.25) is 0 Å². The summed E-state index contributed by atoms with van der Waals surface area (Å²) in [4.78, 5) is 14.1. The van der Waals surface area contributed by atoms with Gasteiger partial charge in [0, 0.05) is 40.6 Å². The molecule has 7 nitrogen and oxygen atoms in total. The Hall–Kier alpha value is -2.35. The van der Waals surface area contributed by atoms with Crippen LogP contribution in [0.3, 0.4) is 0 Å². The quantitative estimate of drug-likeness (QED) is 0.516. The smallest absolute Gasteiger partial charge is 0.410 e. The molecule has 3 aromatic rings. The molecule has 1 amide bonds. The van der Waals surface area contributed by atoms with Gasteiger partial charge in [-0.3, -0.25) is 4.68 Å². The maximum atomic E-state index is 12.3. The van der Waals surface area contributed by atoms with Gasteiger partial charge in [-0.15, -0.1) is 0 Å². The molecule has 1 aliphatic heterocycles. The van der Waals surface area contributed by atoms with Crippen LogP contribution in [0.15, 0.2) is 29.1 Å². The van der Waals surface area contributed by atoms with E-state index in [0.29, 0.717) is 13.1 Å². The highest BCUT2D eigenvalue weighted by atomic mass is 79.9. The molecular weight excluding hydrogens is 446 g/mol. The Kier molecular flexibility index (Phi) is 5.38. The highest BCUT2D eigenvalue weighted by Gasteiger charge is 2.28. The van der Waals surface area contributed by atoms with Gasteiger partial charge >= 0.3 is 6.09 Å². The second kappa shape index (κ2) is 7.72. The highest BCUT2D eigenvalue weighted by molar-refractivity contribution is 9.10. The molecule has 30 heavy (non-hydrogen) atoms. The first-order chi connectivity index (χ1) is 14.1. The molecule has 1 fully saturated rings. The number of hydrogen-bond acceptors (Lipinski definition) is 4. The van der Waals surface area contributed by atoms with Crippen molar-refractivity contribution in [2.75, 3.05) is 13.1 Å². The lowest BCUT2D eigenvalue weighted by Gasteiger charge is -2.33. The molecule has 0 spiro atoms. The van der Waals surface area contributed by atoms with E-state index in [1.54, 1.807) is 4.90 Å². The van der Waals surface area contributed by atoms with E-state index in [-0.39, 0.29) is 12.1 Å². The molecule has 4 heterocycles. The maximum absolute atomic E-state index is 12.3. The molecular formula is C22H28BrN5O2. The monoisotopic (exact) mass is 473 g/mol. The van der Waals surface area contributed by atoms with Crippen LogP contribution in [0, 0.1) is 13.8 Å². The summed E-state index contributed by atoms with van der Waals surface area (Å²) in [6.45, 7) is 11.2. The molecule has 0 radical (unpaired) electrons. The number of carbonyl (C=O) groups excluding carboxylic acids is 1. The minimum absolute atomic E-state index is 0.230. The van der Waals surface area contributed by atoms with Gasteiger partial charge < -0.3 is 9.64 Å². The lowest BCUT2D eigenvalue weighted by molar-refractivity contribution is 0.0184. The largest absolute Gasteiger partial charge is 0.444 e. The van der Waals surface area contributed by atoms with E-state index < -0.39 is 5.60 Å². The number of aryl methyl sites for hydroxylation is 1. The van der Waals surface area contributed by atoms with Gasteiger partial charge in [-0.25, -0.2) is 9.31 Å². The van der Waals surface area contributed by atoms with Crippen molar-refractivity contribution in [2.45, 2.75) is 59.1 Å². The Morgan fingerprint density at radius 1 is 1.17 bits per heavy atom. The Labute approximate surface area is 185 Å². The number of amides is 1. The zero-order chi connectivity index (χ0) is 21.6. The van der Waals surface area contributed by atoms with E-state index in [9.17, 15) is 4.79 Å². The van der Waals surface area contributed by atoms with Crippen molar-refractivity contribution in [2.24, 2.45) is 0 Å². The van der Waals surface area contributed by atoms with E-state index in [4.69, 9.17) is 9.84 Å². The van der Waals surface area contributed by atoms with Gasteiger partial charge in [-0.05, 0) is 75.0 Å². The van der Waals surface area contributed by atoms with Crippen molar-refractivity contribution in [3.8, 4) is 11.1 Å². The fourth-order valence-electron chi connectivity index (χ4n) is 4.06. The van der Waals surface area contributed by atoms with E-state index >= 15 is 0 Å². The Balaban J connectivity index is 1.51. The third-order valence-corrected chi connectivity index (χ3v) is 6.17. The van der Waals surface area contributed by atoms with Crippen molar-refractivity contribution < 1.29 is 9.53 Å². The van der Waals surface area contributed by atoms with E-state index in [2.05, 4.69) is 45.6 Å². The van der Waals surface area contributed by atoms with Crippen molar-refractivity contribution >= 4 is 27.5 Å². The van der Waals surface area contributed by atoms with Gasteiger partial charge in [0.15, 0.2) is 0 Å². The average molecular weight is 474 g/mol. The second-order valence-corrected chi connectivity index (χ2v) is 9.84. The van der Waals surface area contributed by atoms with E-state index in [1.807, 2.05) is 43.9 Å². The number of rotatable bonds is 2. The normalized spacial score (nSPS) is 15.7. The van der Waals surface area contributed by atoms with Gasteiger partial charge in [-0.1, -0.05) is 0 Å². The minimum Gasteiger partial charge on any atom is -0.444 e. The summed E-state index contributed by atoms with van der Waals surface area (Å²) in [5.41, 5.74) is 5.05. The Bertz CT molecular complexity index is 1090. The van der Waals surface area contributed by atoms with Crippen LogP contribution >= 0.6 is 15.9 Å². The van der Waals surface area contributed by atoms with Crippen LogP contribution in [0.25, 0.3) is 16.6 Å². The summed E-state index contributed by atoms with van der Waals surface area (Å²) in [7, 11) is 0. The third kappa shape index (κ3) is 3.97. The van der Waals surface area contributed by atoms with Crippen LogP contribution in [0.1, 0.15) is 50.9 Å². The molecule has 3 aromatic heterocycles. The molecule has 0 atom stereocenters. The number of pyridine rings is 1. The van der Waals surface area contributed by atoms with Crippen molar-refractivity contribution in [3.05, 3.63) is 40.4 Å². The van der Waals surface area contributed by atoms with Crippen LogP contribution in [-0.4, -0.2) is 49.1 Å². The highest BCUT2D eigenvalue weighted by Crippen LogP contribution is 2.32. The van der Waals surface area contributed by atoms with Crippen molar-refractivity contribution in [3.63, 3.8) is 0 Å². The first kappa shape index (κ1) is 20.9. The molecule has 0 bridgehead atoms. The molecule has 1 saturated heterocycles. The van der Waals surface area contributed by atoms with Crippen LogP contribution < -0.4 is 0 Å². The minimum atomic E-state index is -0.468. The molecule has 4 rings (SSSR count). The van der Waals surface area contributed by atoms with E-state index in [1.165, 1.54) is 0 Å². The molecule has 1 aliphatic rings. The standard InChI is InChI=1S/C22H28BrN5O2/c1-14-11-24-27-13-16(10-19(23)20(14)27)18-12-25-28(15(18)2)17-6-8-26(9-7-17)21(29)30-22(3,4)5/h10-13,17H,6-9H2,1-5H3. The van der Waals surface area contributed by atoms with Crippen LogP contribution in [0.4, 0.5) is 4.79 Å². The lowest BCUT2D eigenvalue weighted by Crippen LogP contribution is -2.42. The summed E-state index contributed by atoms with van der Waals surface area (Å²) in [6, 6.07) is 2.40. The zero-order valence-electron chi connectivity index (χ0n) is 18.1. The Morgan fingerprint density at radius 2 is 1.87 bits per heavy atom. The SMILES string of the molecule is Cc1cnn2cc(-c3cnn(C4CCN(C(=O)OC(C)(C)C)CC4)c3C)cc(Br)c12. The third-order valence-electron chi connectivity index (χ3n) is 5.57. The Morgan fingerprint density at radius 3 is 2.53 bits per heavy atom. The molecule has 0 saturated carbocycles. The number of aromatic nitrogens is 4. The topological polar surface area (TPSA) is 64.7 Å². The number of nitrogens with zero attached hydrogens (tertiary/aromatic N) is 5. The van der Waals surface area contributed by atoms with E-state index in [0.717, 1.165) is 45.2 Å². The first-order valence-corrected chi connectivity index (χ1v) is 11.1. The summed E-state index contributed by atoms with van der Waals surface area (Å²) in [6.07, 6.45) is 7.35. The number of hydrogen-bond donors (Lipinski definition) is 0. The predicted octanol–water partition coefficient (Wildman–Crippen LogP) is 5.15. The lowest BCUT2D eigenvalue weighted by atomic mass is 10.0. The molecule has 0 aliphatic carbocycles. The molecule has 0 N–H and O–H groups in total. The van der Waals surface area contributed by atoms with Crippen molar-refractivity contribution in [1.82, 2.24) is 24.3 Å². The number of piperidine rings is 1. The molecule has 0 unspecified atom stereocenters. The molecule has 0 aromatic carbocycles. The number of halogens is 1. The van der Waals surface area contributed by atoms with Crippen molar-refractivity contribution in [1.29, 1.82) is 0 Å². The van der Waals surface area contributed by atoms with Crippen LogP contribution in [-0.2, 0) is 4.74 Å². The predicted molar refractivity (Wildman–Crippen MR) is 120 cm³/mol. The van der Waals surface area contributed by atoms with Gasteiger partial charge in [0.25, 0.3) is 0 Å². The summed E-state index contributed by atoms with van der Waals surface area (Å²) < 4.78 is 10.5. The maximum Gasteiger partial charge on any atom is 0.410 e. The van der Waals surface area contributed by atoms with Gasteiger partial charge in [0.2, 0.25) is 0 Å². The number of fused-ring (bicyclic) bond motifs is 1. The fourth-order valence-corrected chi connectivity index (χ4v) is 4.80. The molecule has 8 heteroatoms. The average Bonchev–Trinajstić information content (AvgIpc) is 3.23. The first-order valence-electron chi connectivity index (χ1n) is 10.3. The van der Waals surface area contributed by atoms with Gasteiger partial charge in [-0.2, -0.15) is 10.2 Å². The summed E-state index contributed by atoms with van der Waals surface area (Å²) >= 11 is 3.69. The number of carbonyl (C=O) groups is 1. The number of likely N-dealkylation sites (tertiary alicyclic amines) is 1. The van der Waals surface area contributed by atoms with Gasteiger partial charge in [0.1, 0.15) is 5.60 Å². The fraction of sp³-hybridized carbons (Fsp3) is 0.500. The zero-order valence-corrected chi connectivity index (χ0v) is 19.7. The molecule has 160 valence electrons. The number of ether oxygens (including phenoxy) is 1. The van der Waals surface area contributed by atoms with Crippen LogP contribution in [0.5, 0.6) is 0 Å². The van der Waals surface area contributed by atoms with Gasteiger partial charge in [0.05, 0.1) is 24.0 Å². The summed E-state index contributed by atoms with van der Waals surface area (Å²) in [5.74, 6) is 0.